The van der Waals surface area contributed by atoms with Gasteiger partial charge in [-0.05, 0) is 30.4 Å². The van der Waals surface area contributed by atoms with Crippen LogP contribution in [-0.4, -0.2) is 11.1 Å². The van der Waals surface area contributed by atoms with E-state index in [-0.39, 0.29) is 0 Å². The first-order valence-electron chi connectivity index (χ1n) is 5.65. The lowest BCUT2D eigenvalue weighted by Gasteiger charge is -2.13. The normalized spacial score (nSPS) is 17.1. The molecule has 1 aliphatic rings. The molecule has 3 heteroatoms. The minimum atomic E-state index is -0.770. The molecule has 1 fully saturated rings. The van der Waals surface area contributed by atoms with Gasteiger partial charge in [-0.1, -0.05) is 42.6 Å². The summed E-state index contributed by atoms with van der Waals surface area (Å²) in [6.45, 7) is 0. The fraction of sp³-hybridized carbons (Fsp3) is 0.462. The van der Waals surface area contributed by atoms with Crippen molar-refractivity contribution in [3.05, 3.63) is 34.9 Å². The average molecular weight is 239 g/mol. The van der Waals surface area contributed by atoms with Crippen molar-refractivity contribution in [2.24, 2.45) is 5.92 Å². The van der Waals surface area contributed by atoms with Crippen LogP contribution in [0.5, 0.6) is 0 Å². The van der Waals surface area contributed by atoms with Gasteiger partial charge >= 0.3 is 5.97 Å². The molecule has 1 unspecified atom stereocenters. The molecule has 16 heavy (non-hydrogen) atoms. The van der Waals surface area contributed by atoms with E-state index < -0.39 is 11.9 Å². The van der Waals surface area contributed by atoms with E-state index in [1.54, 1.807) is 6.07 Å². The predicted octanol–water partition coefficient (Wildman–Crippen LogP) is 3.70. The van der Waals surface area contributed by atoms with Crippen molar-refractivity contribution in [3.8, 4) is 0 Å². The maximum Gasteiger partial charge on any atom is 0.311 e. The third kappa shape index (κ3) is 2.76. The fourth-order valence-corrected chi connectivity index (χ4v) is 2.25. The third-order valence-corrected chi connectivity index (χ3v) is 3.48. The van der Waals surface area contributed by atoms with Gasteiger partial charge < -0.3 is 5.11 Å². The summed E-state index contributed by atoms with van der Waals surface area (Å²) in [5.41, 5.74) is 0.748. The van der Waals surface area contributed by atoms with Crippen LogP contribution in [0.25, 0.3) is 0 Å². The zero-order valence-electron chi connectivity index (χ0n) is 9.03. The Bertz CT molecular complexity index is 385. The predicted molar refractivity (Wildman–Crippen MR) is 63.8 cm³/mol. The highest BCUT2D eigenvalue weighted by molar-refractivity contribution is 6.31. The molecule has 2 rings (SSSR count). The highest BCUT2D eigenvalue weighted by atomic mass is 35.5. The first kappa shape index (κ1) is 11.5. The molecule has 0 radical (unpaired) electrons. The van der Waals surface area contributed by atoms with Gasteiger partial charge in [0.1, 0.15) is 0 Å². The SMILES string of the molecule is O=C(O)C(CCC1CC1)c1ccccc1Cl. The van der Waals surface area contributed by atoms with Gasteiger partial charge in [0.05, 0.1) is 5.92 Å². The number of hydrogen-bond donors (Lipinski definition) is 1. The summed E-state index contributed by atoms with van der Waals surface area (Å²) in [6.07, 6.45) is 4.22. The zero-order valence-corrected chi connectivity index (χ0v) is 9.78. The largest absolute Gasteiger partial charge is 0.481 e. The number of hydrogen-bond acceptors (Lipinski definition) is 1. The molecule has 0 bridgehead atoms. The number of carboxylic acid groups (broad SMARTS) is 1. The topological polar surface area (TPSA) is 37.3 Å². The van der Waals surface area contributed by atoms with Gasteiger partial charge in [-0.15, -0.1) is 0 Å². The Morgan fingerprint density at radius 2 is 2.12 bits per heavy atom. The van der Waals surface area contributed by atoms with E-state index in [0.29, 0.717) is 11.4 Å². The summed E-state index contributed by atoms with van der Waals surface area (Å²) in [5, 5.41) is 9.79. The van der Waals surface area contributed by atoms with Gasteiger partial charge in [-0.3, -0.25) is 4.79 Å². The second-order valence-corrected chi connectivity index (χ2v) is 4.84. The Morgan fingerprint density at radius 3 is 2.69 bits per heavy atom. The number of carboxylic acids is 1. The Hall–Kier alpha value is -1.02. The van der Waals surface area contributed by atoms with E-state index in [0.717, 1.165) is 17.9 Å². The number of benzene rings is 1. The zero-order chi connectivity index (χ0) is 11.5. The van der Waals surface area contributed by atoms with Crippen LogP contribution < -0.4 is 0 Å². The van der Waals surface area contributed by atoms with Crippen molar-refractivity contribution >= 4 is 17.6 Å². The molecule has 0 aromatic heterocycles. The lowest BCUT2D eigenvalue weighted by molar-refractivity contribution is -0.139. The summed E-state index contributed by atoms with van der Waals surface area (Å²) >= 11 is 6.03. The lowest BCUT2D eigenvalue weighted by atomic mass is 9.93. The van der Waals surface area contributed by atoms with E-state index >= 15 is 0 Å². The van der Waals surface area contributed by atoms with Gasteiger partial charge in [0, 0.05) is 5.02 Å². The quantitative estimate of drug-likeness (QED) is 0.849. The Morgan fingerprint density at radius 1 is 1.44 bits per heavy atom. The number of carbonyl (C=O) groups is 1. The van der Waals surface area contributed by atoms with E-state index in [1.165, 1.54) is 12.8 Å². The Labute approximate surface area is 100 Å². The van der Waals surface area contributed by atoms with Crippen LogP contribution in [0.15, 0.2) is 24.3 Å². The van der Waals surface area contributed by atoms with Gasteiger partial charge in [0.25, 0.3) is 0 Å². The molecule has 1 saturated carbocycles. The minimum Gasteiger partial charge on any atom is -0.481 e. The van der Waals surface area contributed by atoms with Crippen LogP contribution >= 0.6 is 11.6 Å². The van der Waals surface area contributed by atoms with E-state index in [4.69, 9.17) is 11.6 Å². The van der Waals surface area contributed by atoms with Crippen molar-refractivity contribution in [3.63, 3.8) is 0 Å². The van der Waals surface area contributed by atoms with Crippen LogP contribution in [-0.2, 0) is 4.79 Å². The number of aliphatic carboxylic acids is 1. The first-order valence-corrected chi connectivity index (χ1v) is 6.03. The number of halogens is 1. The smallest absolute Gasteiger partial charge is 0.311 e. The Balaban J connectivity index is 2.11. The first-order chi connectivity index (χ1) is 7.68. The van der Waals surface area contributed by atoms with Gasteiger partial charge in [-0.25, -0.2) is 0 Å². The molecule has 1 aliphatic carbocycles. The van der Waals surface area contributed by atoms with Crippen LogP contribution in [0.1, 0.15) is 37.2 Å². The standard InChI is InChI=1S/C13H15ClO2/c14-12-4-2-1-3-10(12)11(13(15)16)8-7-9-5-6-9/h1-4,9,11H,5-8H2,(H,15,16). The average Bonchev–Trinajstić information content (AvgIpc) is 3.04. The molecule has 0 spiro atoms. The minimum absolute atomic E-state index is 0.450. The van der Waals surface area contributed by atoms with Crippen LogP contribution in [0.3, 0.4) is 0 Å². The van der Waals surface area contributed by atoms with Gasteiger partial charge in [0.2, 0.25) is 0 Å². The van der Waals surface area contributed by atoms with E-state index in [9.17, 15) is 9.90 Å². The second kappa shape index (κ2) is 4.88. The summed E-state index contributed by atoms with van der Waals surface area (Å²) in [7, 11) is 0. The molecule has 86 valence electrons. The number of rotatable bonds is 5. The molecular formula is C13H15ClO2. The maximum absolute atomic E-state index is 11.2. The monoisotopic (exact) mass is 238 g/mol. The van der Waals surface area contributed by atoms with Crippen molar-refractivity contribution in [2.75, 3.05) is 0 Å². The summed E-state index contributed by atoms with van der Waals surface area (Å²) in [5.74, 6) is -0.465. The van der Waals surface area contributed by atoms with Crippen molar-refractivity contribution in [1.82, 2.24) is 0 Å². The lowest BCUT2D eigenvalue weighted by Crippen LogP contribution is -2.12. The van der Waals surface area contributed by atoms with Crippen molar-refractivity contribution in [1.29, 1.82) is 0 Å². The summed E-state index contributed by atoms with van der Waals surface area (Å²) in [4.78, 5) is 11.2. The van der Waals surface area contributed by atoms with Crippen molar-refractivity contribution < 1.29 is 9.90 Å². The summed E-state index contributed by atoms with van der Waals surface area (Å²) in [6, 6.07) is 7.23. The highest BCUT2D eigenvalue weighted by Gasteiger charge is 2.27. The van der Waals surface area contributed by atoms with Crippen molar-refractivity contribution in [2.45, 2.75) is 31.6 Å². The molecule has 0 aliphatic heterocycles. The maximum atomic E-state index is 11.2. The van der Waals surface area contributed by atoms with Gasteiger partial charge in [-0.2, -0.15) is 0 Å². The fourth-order valence-electron chi connectivity index (χ4n) is 1.98. The van der Waals surface area contributed by atoms with Crippen LogP contribution in [0.4, 0.5) is 0 Å². The molecular weight excluding hydrogens is 224 g/mol. The van der Waals surface area contributed by atoms with Crippen LogP contribution in [0, 0.1) is 5.92 Å². The molecule has 1 atom stereocenters. The van der Waals surface area contributed by atoms with E-state index in [2.05, 4.69) is 0 Å². The molecule has 0 amide bonds. The molecule has 0 saturated heterocycles. The summed E-state index contributed by atoms with van der Waals surface area (Å²) < 4.78 is 0. The van der Waals surface area contributed by atoms with Gasteiger partial charge in [0.15, 0.2) is 0 Å². The highest BCUT2D eigenvalue weighted by Crippen LogP contribution is 2.37. The second-order valence-electron chi connectivity index (χ2n) is 4.43. The molecule has 1 aromatic rings. The molecule has 1 aromatic carbocycles. The molecule has 0 heterocycles. The van der Waals surface area contributed by atoms with E-state index in [1.807, 2.05) is 18.2 Å². The molecule has 2 nitrogen and oxygen atoms in total. The third-order valence-electron chi connectivity index (χ3n) is 3.14. The Kier molecular flexibility index (Phi) is 3.49. The molecule has 1 N–H and O–H groups in total. The van der Waals surface area contributed by atoms with Crippen LogP contribution in [0.2, 0.25) is 5.02 Å².